The number of hydrogen-bond donors (Lipinski definition) is 1. The molecular formula is C7H11N2O6P. The molecule has 1 aliphatic heterocycles. The van der Waals surface area contributed by atoms with Crippen LogP contribution >= 0.6 is 7.60 Å². The van der Waals surface area contributed by atoms with Gasteiger partial charge in [-0.15, -0.1) is 5.06 Å². The zero-order valence-electron chi connectivity index (χ0n) is 8.76. The van der Waals surface area contributed by atoms with Gasteiger partial charge in [-0.3, -0.25) is 19.5 Å². The number of carbonyl (C=O) groups is 3. The number of imide groups is 2. The molecule has 0 spiro atoms. The van der Waals surface area contributed by atoms with Gasteiger partial charge in [0.1, 0.15) is 0 Å². The van der Waals surface area contributed by atoms with E-state index in [4.69, 9.17) is 4.52 Å². The van der Waals surface area contributed by atoms with Crippen molar-refractivity contribution in [1.82, 2.24) is 10.4 Å². The Hall–Kier alpha value is -1.24. The highest BCUT2D eigenvalue weighted by atomic mass is 31.2. The minimum Gasteiger partial charge on any atom is -0.308 e. The zero-order valence-corrected chi connectivity index (χ0v) is 9.65. The van der Waals surface area contributed by atoms with Gasteiger partial charge >= 0.3 is 25.4 Å². The minimum atomic E-state index is -3.56. The first-order valence-electron chi connectivity index (χ1n) is 4.56. The number of urea groups is 1. The average molecular weight is 250 g/mol. The fraction of sp³-hybridized carbons (Fsp3) is 0.571. The van der Waals surface area contributed by atoms with Crippen molar-refractivity contribution < 1.29 is 28.1 Å². The van der Waals surface area contributed by atoms with Crippen molar-refractivity contribution >= 4 is 25.4 Å². The van der Waals surface area contributed by atoms with E-state index < -0.39 is 25.4 Å². The van der Waals surface area contributed by atoms with E-state index in [2.05, 4.69) is 4.62 Å². The van der Waals surface area contributed by atoms with Crippen molar-refractivity contribution in [3.8, 4) is 0 Å². The van der Waals surface area contributed by atoms with Crippen molar-refractivity contribution in [3.63, 3.8) is 0 Å². The number of nitrogens with zero attached hydrogens (tertiary/aromatic N) is 1. The molecule has 8 nitrogen and oxygen atoms in total. The van der Waals surface area contributed by atoms with Gasteiger partial charge in [0.2, 0.25) is 0 Å². The van der Waals surface area contributed by atoms with Crippen molar-refractivity contribution in [2.24, 2.45) is 0 Å². The third-order valence-corrected chi connectivity index (χ3v) is 3.54. The van der Waals surface area contributed by atoms with Crippen molar-refractivity contribution in [3.05, 3.63) is 0 Å². The normalized spacial score (nSPS) is 19.9. The highest BCUT2D eigenvalue weighted by molar-refractivity contribution is 7.53. The quantitative estimate of drug-likeness (QED) is 0.426. The lowest BCUT2D eigenvalue weighted by atomic mass is 10.6. The molecule has 0 aromatic rings. The van der Waals surface area contributed by atoms with Crippen LogP contribution < -0.4 is 5.32 Å². The van der Waals surface area contributed by atoms with E-state index in [1.54, 1.807) is 12.2 Å². The van der Waals surface area contributed by atoms with Crippen LogP contribution in [0.3, 0.4) is 0 Å². The molecule has 0 saturated carbocycles. The lowest BCUT2D eigenvalue weighted by molar-refractivity contribution is -0.152. The van der Waals surface area contributed by atoms with E-state index in [1.165, 1.54) is 6.92 Å². The maximum absolute atomic E-state index is 11.8. The summed E-state index contributed by atoms with van der Waals surface area (Å²) in [5.41, 5.74) is 0. The van der Waals surface area contributed by atoms with Crippen molar-refractivity contribution in [1.29, 1.82) is 0 Å². The lowest BCUT2D eigenvalue weighted by Crippen LogP contribution is -2.30. The predicted octanol–water partition coefficient (Wildman–Crippen LogP) is 0.246. The van der Waals surface area contributed by atoms with E-state index in [-0.39, 0.29) is 17.8 Å². The first-order chi connectivity index (χ1) is 7.43. The molecule has 1 fully saturated rings. The maximum Gasteiger partial charge on any atom is 0.356 e. The third kappa shape index (κ3) is 2.46. The Labute approximate surface area is 91.4 Å². The maximum atomic E-state index is 11.8. The van der Waals surface area contributed by atoms with Gasteiger partial charge in [0, 0.05) is 6.16 Å². The fourth-order valence-electron chi connectivity index (χ4n) is 0.954. The van der Waals surface area contributed by atoms with Crippen LogP contribution in [0.2, 0.25) is 0 Å². The van der Waals surface area contributed by atoms with Crippen molar-refractivity contribution in [2.75, 3.05) is 12.8 Å². The topological polar surface area (TPSA) is 102 Å². The number of nitrogens with one attached hydrogen (secondary N) is 1. The van der Waals surface area contributed by atoms with Gasteiger partial charge in [-0.1, -0.05) is 6.92 Å². The Bertz CT molecular complexity index is 381. The second-order valence-corrected chi connectivity index (χ2v) is 5.06. The van der Waals surface area contributed by atoms with Gasteiger partial charge < -0.3 is 4.52 Å². The van der Waals surface area contributed by atoms with Crippen LogP contribution in [0.5, 0.6) is 0 Å². The van der Waals surface area contributed by atoms with Crippen LogP contribution in [0.25, 0.3) is 0 Å². The number of carbonyl (C=O) groups excluding carboxylic acids is 3. The highest BCUT2D eigenvalue weighted by Crippen LogP contribution is 2.48. The predicted molar refractivity (Wildman–Crippen MR) is 51.2 cm³/mol. The van der Waals surface area contributed by atoms with Gasteiger partial charge in [0.25, 0.3) is 0 Å². The Morgan fingerprint density at radius 2 is 1.94 bits per heavy atom. The van der Waals surface area contributed by atoms with Crippen LogP contribution in [0.1, 0.15) is 13.8 Å². The summed E-state index contributed by atoms with van der Waals surface area (Å²) in [6, 6.07) is -1.07. The summed E-state index contributed by atoms with van der Waals surface area (Å²) in [5, 5.41) is 1.83. The highest BCUT2D eigenvalue weighted by Gasteiger charge is 2.42. The number of amides is 4. The Kier molecular flexibility index (Phi) is 3.79. The summed E-state index contributed by atoms with van der Waals surface area (Å²) in [6.07, 6.45) is -0.0217. The molecule has 0 bridgehead atoms. The van der Waals surface area contributed by atoms with E-state index in [1.807, 2.05) is 0 Å². The summed E-state index contributed by atoms with van der Waals surface area (Å²) < 4.78 is 21.3. The smallest absolute Gasteiger partial charge is 0.308 e. The van der Waals surface area contributed by atoms with E-state index in [0.29, 0.717) is 0 Å². The summed E-state index contributed by atoms with van der Waals surface area (Å²) >= 11 is 0. The van der Waals surface area contributed by atoms with Gasteiger partial charge in [-0.25, -0.2) is 4.79 Å². The SMILES string of the molecule is CCOP(=O)(CC)ON1C(=O)NC(=O)C1=O. The number of hydroxylamine groups is 2. The lowest BCUT2D eigenvalue weighted by Gasteiger charge is -2.18. The number of rotatable bonds is 5. The summed E-state index contributed by atoms with van der Waals surface area (Å²) in [7, 11) is -3.56. The van der Waals surface area contributed by atoms with Gasteiger partial charge in [-0.2, -0.15) is 4.62 Å². The molecule has 1 aliphatic rings. The Morgan fingerprint density at radius 3 is 2.31 bits per heavy atom. The minimum absolute atomic E-state index is 0.0217. The molecule has 1 atom stereocenters. The van der Waals surface area contributed by atoms with E-state index in [0.717, 1.165) is 0 Å². The summed E-state index contributed by atoms with van der Waals surface area (Å²) in [6.45, 7) is 3.20. The molecule has 1 heterocycles. The van der Waals surface area contributed by atoms with Crippen LogP contribution in [0.4, 0.5) is 4.79 Å². The monoisotopic (exact) mass is 250 g/mol. The average Bonchev–Trinajstić information content (AvgIpc) is 2.46. The summed E-state index contributed by atoms with van der Waals surface area (Å²) in [5.74, 6) is -2.33. The standard InChI is InChI=1S/C7H11N2O6P/c1-3-14-16(13,4-2)15-9-6(11)5(10)8-7(9)12/h3-4H2,1-2H3,(H,8,10,12). The first-order valence-corrected chi connectivity index (χ1v) is 6.29. The zero-order chi connectivity index (χ0) is 12.3. The summed E-state index contributed by atoms with van der Waals surface area (Å²) in [4.78, 5) is 33.0. The molecule has 0 aliphatic carbocycles. The Morgan fingerprint density at radius 1 is 1.31 bits per heavy atom. The Balaban J connectivity index is 2.80. The molecule has 1 unspecified atom stereocenters. The third-order valence-electron chi connectivity index (χ3n) is 1.70. The molecule has 1 rings (SSSR count). The van der Waals surface area contributed by atoms with Gasteiger partial charge in [0.15, 0.2) is 0 Å². The number of hydrogen-bond acceptors (Lipinski definition) is 6. The van der Waals surface area contributed by atoms with E-state index in [9.17, 15) is 18.9 Å². The molecule has 1 N–H and O–H groups in total. The molecule has 4 amide bonds. The second-order valence-electron chi connectivity index (χ2n) is 2.79. The molecule has 90 valence electrons. The molecular weight excluding hydrogens is 239 g/mol. The molecule has 0 aromatic carbocycles. The molecule has 0 radical (unpaired) electrons. The van der Waals surface area contributed by atoms with Crippen LogP contribution in [-0.2, 0) is 23.3 Å². The van der Waals surface area contributed by atoms with Crippen molar-refractivity contribution in [2.45, 2.75) is 13.8 Å². The van der Waals surface area contributed by atoms with Crippen LogP contribution in [0, 0.1) is 0 Å². The molecule has 9 heteroatoms. The first kappa shape index (κ1) is 12.8. The molecule has 16 heavy (non-hydrogen) atoms. The van der Waals surface area contributed by atoms with Crippen LogP contribution in [0.15, 0.2) is 0 Å². The van der Waals surface area contributed by atoms with Gasteiger partial charge in [0.05, 0.1) is 6.61 Å². The largest absolute Gasteiger partial charge is 0.356 e. The van der Waals surface area contributed by atoms with Crippen LogP contribution in [-0.4, -0.2) is 35.7 Å². The second kappa shape index (κ2) is 4.73. The molecule has 0 aromatic heterocycles. The molecule has 1 saturated heterocycles. The van der Waals surface area contributed by atoms with E-state index >= 15 is 0 Å². The fourth-order valence-corrected chi connectivity index (χ4v) is 2.09. The van der Waals surface area contributed by atoms with Gasteiger partial charge in [-0.05, 0) is 6.92 Å².